The standard InChI is InChI=1S/C32H36N2O11.C30H40N2O9/c33-23-45-28-15-11-26(12-16-28)32(39)44-18-6-2-4-8-30(37)42-22-20-40-19-21-41-29(36)7-3-1-5-17-43-31(38)25-9-13-27(14-10-25)34-24-35;31-25-13-9-23(10-14-25)29(35)40-17-5-1-3-7-27(33)38-21-19-37-20-22-39-28(34)8-4-2-6-18-41-30(36)24-11-15-26(32)16-12-24/h9-16H,1-8,17-22H2;9-16H,1-8,17-22,31-32H2. The van der Waals surface area contributed by atoms with Crippen LogP contribution < -0.4 is 16.2 Å². The van der Waals surface area contributed by atoms with Gasteiger partial charge < -0.3 is 63.6 Å². The largest absolute Gasteiger partial charge is 0.463 e. The Balaban J connectivity index is 0.000000452. The van der Waals surface area contributed by atoms with E-state index in [0.29, 0.717) is 109 Å². The van der Waals surface area contributed by atoms with Gasteiger partial charge in [-0.2, -0.15) is 4.99 Å². The molecule has 0 unspecified atom stereocenters. The van der Waals surface area contributed by atoms with Gasteiger partial charge in [0.1, 0.15) is 32.2 Å². The fourth-order valence-electron chi connectivity index (χ4n) is 7.21. The number of nitrogens with zero attached hydrogens (tertiary/aromatic N) is 2. The summed E-state index contributed by atoms with van der Waals surface area (Å²) in [6, 6.07) is 25.1. The lowest BCUT2D eigenvalue weighted by Crippen LogP contribution is -2.14. The van der Waals surface area contributed by atoms with Crippen molar-refractivity contribution in [2.75, 3.05) is 90.7 Å². The summed E-state index contributed by atoms with van der Waals surface area (Å²) in [6.45, 7) is 2.19. The first-order valence-corrected chi connectivity index (χ1v) is 28.3. The highest BCUT2D eigenvalue weighted by Crippen LogP contribution is 2.16. The number of benzene rings is 4. The van der Waals surface area contributed by atoms with Crippen LogP contribution in [0.2, 0.25) is 0 Å². The third-order valence-electron chi connectivity index (χ3n) is 11.8. The number of nitrogen functional groups attached to an aromatic ring is 2. The number of esters is 8. The Bertz CT molecular complexity index is 2660. The fraction of sp³-hybridized carbons (Fsp3) is 0.452. The Labute approximate surface area is 499 Å². The first-order valence-electron chi connectivity index (χ1n) is 28.3. The summed E-state index contributed by atoms with van der Waals surface area (Å²) in [5.41, 5.74) is 14.3. The summed E-state index contributed by atoms with van der Waals surface area (Å²) in [5, 5.41) is 8.47. The van der Waals surface area contributed by atoms with E-state index < -0.39 is 23.9 Å². The zero-order chi connectivity index (χ0) is 62.2. The first kappa shape index (κ1) is 71.1. The highest BCUT2D eigenvalue weighted by Gasteiger charge is 2.12. The normalized spacial score (nSPS) is 10.3. The second kappa shape index (κ2) is 45.3. The fourth-order valence-corrected chi connectivity index (χ4v) is 7.21. The maximum Gasteiger partial charge on any atom is 0.338 e. The van der Waals surface area contributed by atoms with Crippen molar-refractivity contribution in [1.82, 2.24) is 0 Å². The van der Waals surface area contributed by atoms with Gasteiger partial charge in [0.05, 0.1) is 80.8 Å². The Morgan fingerprint density at radius 3 is 0.907 bits per heavy atom. The molecular weight excluding hydrogens is 1120 g/mol. The maximum absolute atomic E-state index is 12.0. The number of carbonyl (C=O) groups is 8. The van der Waals surface area contributed by atoms with Gasteiger partial charge in [-0.25, -0.2) is 24.0 Å². The van der Waals surface area contributed by atoms with Crippen molar-refractivity contribution in [1.29, 1.82) is 5.26 Å². The van der Waals surface area contributed by atoms with Crippen LogP contribution in [0, 0.1) is 11.5 Å². The van der Waals surface area contributed by atoms with Crippen molar-refractivity contribution in [3.8, 4) is 12.0 Å². The second-order valence-corrected chi connectivity index (χ2v) is 18.6. The van der Waals surface area contributed by atoms with Gasteiger partial charge >= 0.3 is 47.8 Å². The molecular formula is C62H76N4O20. The minimum absolute atomic E-state index is 0.0901. The van der Waals surface area contributed by atoms with E-state index in [1.54, 1.807) is 54.8 Å². The third-order valence-corrected chi connectivity index (χ3v) is 11.8. The minimum atomic E-state index is -0.478. The van der Waals surface area contributed by atoms with Crippen LogP contribution in [-0.4, -0.2) is 133 Å². The molecule has 0 heterocycles. The predicted octanol–water partition coefficient (Wildman–Crippen LogP) is 8.84. The Hall–Kier alpha value is -9.17. The molecule has 24 heteroatoms. The molecule has 4 N–H and O–H groups in total. The molecule has 4 rings (SSSR count). The van der Waals surface area contributed by atoms with Gasteiger partial charge in [-0.05, 0) is 174 Å². The van der Waals surface area contributed by atoms with Crippen LogP contribution in [0.1, 0.15) is 144 Å². The third kappa shape index (κ3) is 34.4. The molecule has 0 amide bonds. The maximum atomic E-state index is 12.0. The van der Waals surface area contributed by atoms with E-state index >= 15 is 0 Å². The summed E-state index contributed by atoms with van der Waals surface area (Å²) in [6.07, 6.45) is 11.8. The summed E-state index contributed by atoms with van der Waals surface area (Å²) in [7, 11) is 0. The number of rotatable bonds is 42. The van der Waals surface area contributed by atoms with Crippen molar-refractivity contribution in [2.24, 2.45) is 4.99 Å². The SMILES string of the molecule is N#COc1ccc(C(=O)OCCCCCC(=O)OCCOCCOC(=O)CCCCCOC(=O)c2ccc(N=C=O)cc2)cc1.Nc1ccc(C(=O)OCCCCCC(=O)OCCOCCOC(=O)CCCCCOC(=O)c2ccc(N)cc2)cc1. The number of ether oxygens (including phenoxy) is 11. The quantitative estimate of drug-likeness (QED) is 0.00795. The van der Waals surface area contributed by atoms with E-state index in [4.69, 9.17) is 64.1 Å². The van der Waals surface area contributed by atoms with Crippen molar-refractivity contribution in [3.05, 3.63) is 119 Å². The van der Waals surface area contributed by atoms with Crippen molar-refractivity contribution in [3.63, 3.8) is 0 Å². The molecule has 0 radical (unpaired) electrons. The summed E-state index contributed by atoms with van der Waals surface area (Å²) >= 11 is 0. The Morgan fingerprint density at radius 2 is 0.628 bits per heavy atom. The molecule has 464 valence electrons. The monoisotopic (exact) mass is 1200 g/mol. The van der Waals surface area contributed by atoms with Crippen LogP contribution in [-0.2, 0) is 71.3 Å². The van der Waals surface area contributed by atoms with Gasteiger partial charge in [0.2, 0.25) is 6.08 Å². The molecule has 0 atom stereocenters. The highest BCUT2D eigenvalue weighted by atomic mass is 16.6. The van der Waals surface area contributed by atoms with Crippen molar-refractivity contribution >= 4 is 70.9 Å². The number of hydrogen-bond acceptors (Lipinski definition) is 24. The van der Waals surface area contributed by atoms with Crippen LogP contribution in [0.4, 0.5) is 17.1 Å². The average Bonchev–Trinajstić information content (AvgIpc) is 3.73. The van der Waals surface area contributed by atoms with Crippen LogP contribution in [0.5, 0.6) is 5.75 Å². The molecule has 0 bridgehead atoms. The zero-order valence-corrected chi connectivity index (χ0v) is 48.3. The van der Waals surface area contributed by atoms with Crippen LogP contribution >= 0.6 is 0 Å². The van der Waals surface area contributed by atoms with Crippen molar-refractivity contribution < 1.29 is 95.3 Å². The van der Waals surface area contributed by atoms with Crippen LogP contribution in [0.25, 0.3) is 0 Å². The van der Waals surface area contributed by atoms with Crippen LogP contribution in [0.3, 0.4) is 0 Å². The number of unbranched alkanes of at least 4 members (excludes halogenated alkanes) is 8. The second-order valence-electron chi connectivity index (χ2n) is 18.6. The Morgan fingerprint density at radius 1 is 0.349 bits per heavy atom. The molecule has 0 spiro atoms. The number of aliphatic imine (C=N–C) groups is 1. The number of nitrogens with two attached hydrogens (primary N) is 2. The van der Waals surface area contributed by atoms with Crippen LogP contribution in [0.15, 0.2) is 102 Å². The summed E-state index contributed by atoms with van der Waals surface area (Å²) in [4.78, 5) is 109. The van der Waals surface area contributed by atoms with E-state index in [1.807, 2.05) is 0 Å². The molecule has 0 aliphatic heterocycles. The van der Waals surface area contributed by atoms with Gasteiger partial charge in [0, 0.05) is 37.1 Å². The lowest BCUT2D eigenvalue weighted by Gasteiger charge is -2.08. The summed E-state index contributed by atoms with van der Waals surface area (Å²) < 4.78 is 56.5. The topological polar surface area (TPSA) is 343 Å². The number of nitriles is 1. The van der Waals surface area contributed by atoms with Gasteiger partial charge in [-0.1, -0.05) is 0 Å². The smallest absolute Gasteiger partial charge is 0.338 e. The Kier molecular flexibility index (Phi) is 37.4. The molecule has 0 aliphatic carbocycles. The average molecular weight is 1200 g/mol. The lowest BCUT2D eigenvalue weighted by atomic mass is 10.2. The number of hydrogen-bond donors (Lipinski definition) is 2. The molecule has 0 fully saturated rings. The summed E-state index contributed by atoms with van der Waals surface area (Å²) in [5.74, 6) is -2.76. The van der Waals surface area contributed by atoms with Gasteiger partial charge in [-0.15, -0.1) is 5.26 Å². The predicted molar refractivity (Wildman–Crippen MR) is 309 cm³/mol. The first-order chi connectivity index (χ1) is 41.8. The van der Waals surface area contributed by atoms with Gasteiger partial charge in [-0.3, -0.25) is 19.2 Å². The number of isocyanates is 1. The van der Waals surface area contributed by atoms with Crippen molar-refractivity contribution in [2.45, 2.75) is 103 Å². The minimum Gasteiger partial charge on any atom is -0.463 e. The molecule has 0 aromatic heterocycles. The highest BCUT2D eigenvalue weighted by molar-refractivity contribution is 5.91. The number of carbonyl (C=O) groups excluding carboxylic acids is 9. The molecule has 86 heavy (non-hydrogen) atoms. The van der Waals surface area contributed by atoms with E-state index in [9.17, 15) is 43.2 Å². The molecule has 0 saturated carbocycles. The van der Waals surface area contributed by atoms with Gasteiger partial charge in [0.15, 0.2) is 0 Å². The van der Waals surface area contributed by atoms with E-state index in [-0.39, 0.29) is 129 Å². The molecule has 24 nitrogen and oxygen atoms in total. The van der Waals surface area contributed by atoms with E-state index in [1.165, 1.54) is 54.6 Å². The van der Waals surface area contributed by atoms with Gasteiger partial charge in [0.25, 0.3) is 6.26 Å². The number of anilines is 2. The van der Waals surface area contributed by atoms with E-state index in [0.717, 1.165) is 12.8 Å². The lowest BCUT2D eigenvalue weighted by molar-refractivity contribution is -0.148. The molecule has 4 aromatic carbocycles. The molecule has 0 aliphatic rings. The molecule has 0 saturated heterocycles. The molecule has 4 aromatic rings. The van der Waals surface area contributed by atoms with E-state index in [2.05, 4.69) is 9.73 Å². The zero-order valence-electron chi connectivity index (χ0n) is 48.3.